The highest BCUT2D eigenvalue weighted by molar-refractivity contribution is 7.90. The molecule has 1 heterocycles. The van der Waals surface area contributed by atoms with Crippen LogP contribution < -0.4 is 0 Å². The van der Waals surface area contributed by atoms with Crippen LogP contribution in [-0.4, -0.2) is 24.9 Å². The van der Waals surface area contributed by atoms with Crippen molar-refractivity contribution in [1.29, 1.82) is 0 Å². The molecule has 0 aliphatic heterocycles. The van der Waals surface area contributed by atoms with E-state index >= 15 is 0 Å². The number of sulfone groups is 1. The van der Waals surface area contributed by atoms with Crippen LogP contribution in [-0.2, 0) is 16.0 Å². The van der Waals surface area contributed by atoms with Gasteiger partial charge in [-0.3, -0.25) is 5.10 Å². The number of rotatable bonds is 3. The molecule has 0 spiro atoms. The molecule has 1 atom stereocenters. The van der Waals surface area contributed by atoms with Gasteiger partial charge in [0.15, 0.2) is 9.84 Å². The molecule has 0 radical (unpaired) electrons. The number of benzene rings is 2. The average Bonchev–Trinajstić information content (AvgIpc) is 3.13. The van der Waals surface area contributed by atoms with Crippen molar-refractivity contribution in [3.63, 3.8) is 0 Å². The van der Waals surface area contributed by atoms with Crippen molar-refractivity contribution in [3.05, 3.63) is 82.9 Å². The Kier molecular flexibility index (Phi) is 5.48. The summed E-state index contributed by atoms with van der Waals surface area (Å²) in [5.74, 6) is 3.96. The molecule has 0 aliphatic carbocycles. The van der Waals surface area contributed by atoms with Gasteiger partial charge in [-0.1, -0.05) is 24.0 Å². The second-order valence-corrected chi connectivity index (χ2v) is 8.26. The number of alkyl halides is 3. The predicted octanol–water partition coefficient (Wildman–Crippen LogP) is 4.15. The van der Waals surface area contributed by atoms with Gasteiger partial charge in [0, 0.05) is 17.4 Å². The largest absolute Gasteiger partial charge is 0.433 e. The smallest absolute Gasteiger partial charge is 0.273 e. The summed E-state index contributed by atoms with van der Waals surface area (Å²) < 4.78 is 76.2. The van der Waals surface area contributed by atoms with Crippen LogP contribution in [0, 0.1) is 17.7 Å². The van der Waals surface area contributed by atoms with Crippen LogP contribution in [0.25, 0.3) is 0 Å². The summed E-state index contributed by atoms with van der Waals surface area (Å²) in [7, 11) is -3.38. The summed E-state index contributed by atoms with van der Waals surface area (Å²) in [5.41, 5.74) is -0.446. The van der Waals surface area contributed by atoms with Crippen molar-refractivity contribution < 1.29 is 26.0 Å². The quantitative estimate of drug-likeness (QED) is 0.510. The molecule has 3 rings (SSSR count). The summed E-state index contributed by atoms with van der Waals surface area (Å²) in [6, 6.07) is 10.6. The monoisotopic (exact) mass is 422 g/mol. The Balaban J connectivity index is 2.05. The van der Waals surface area contributed by atoms with Crippen LogP contribution >= 0.6 is 0 Å². The lowest BCUT2D eigenvalue weighted by atomic mass is 9.91. The molecule has 1 unspecified atom stereocenters. The maximum atomic E-state index is 13.3. The van der Waals surface area contributed by atoms with Gasteiger partial charge in [-0.25, -0.2) is 12.8 Å². The van der Waals surface area contributed by atoms with Crippen molar-refractivity contribution >= 4 is 9.84 Å². The Hall–Kier alpha value is -3.12. The Morgan fingerprint density at radius 2 is 1.66 bits per heavy atom. The zero-order valence-electron chi connectivity index (χ0n) is 15.0. The Morgan fingerprint density at radius 1 is 1.03 bits per heavy atom. The normalized spacial score (nSPS) is 12.9. The third-order valence-electron chi connectivity index (χ3n) is 4.11. The number of nitrogens with zero attached hydrogens (tertiary/aromatic N) is 1. The van der Waals surface area contributed by atoms with Crippen molar-refractivity contribution in [2.75, 3.05) is 6.26 Å². The fourth-order valence-corrected chi connectivity index (χ4v) is 3.31. The molecule has 1 N–H and O–H groups in total. The van der Waals surface area contributed by atoms with Gasteiger partial charge in [-0.2, -0.15) is 18.3 Å². The van der Waals surface area contributed by atoms with E-state index in [0.717, 1.165) is 24.6 Å². The molecule has 29 heavy (non-hydrogen) atoms. The van der Waals surface area contributed by atoms with Gasteiger partial charge in [0.2, 0.25) is 0 Å². The van der Waals surface area contributed by atoms with Crippen molar-refractivity contribution in [2.45, 2.75) is 17.0 Å². The molecule has 2 aromatic carbocycles. The molecular formula is C20H14F4N2O2S. The number of hydrogen-bond acceptors (Lipinski definition) is 3. The highest BCUT2D eigenvalue weighted by Gasteiger charge is 2.37. The van der Waals surface area contributed by atoms with Gasteiger partial charge in [-0.05, 0) is 42.0 Å². The summed E-state index contributed by atoms with van der Waals surface area (Å²) in [6.07, 6.45) is -2.56. The number of nitrogens with one attached hydrogen (secondary N) is 1. The van der Waals surface area contributed by atoms with Gasteiger partial charge in [0.1, 0.15) is 11.5 Å². The van der Waals surface area contributed by atoms with Crippen molar-refractivity contribution in [3.8, 4) is 11.8 Å². The molecule has 0 amide bonds. The van der Waals surface area contributed by atoms with Gasteiger partial charge in [-0.15, -0.1) is 0 Å². The first-order valence-electron chi connectivity index (χ1n) is 8.23. The molecule has 9 heteroatoms. The molecular weight excluding hydrogens is 408 g/mol. The van der Waals surface area contributed by atoms with E-state index in [1.54, 1.807) is 0 Å². The Morgan fingerprint density at radius 3 is 2.21 bits per heavy atom. The minimum Gasteiger partial charge on any atom is -0.273 e. The third kappa shape index (κ3) is 4.84. The molecule has 0 fully saturated rings. The highest BCUT2D eigenvalue weighted by Crippen LogP contribution is 2.36. The molecule has 1 aromatic heterocycles. The van der Waals surface area contributed by atoms with Gasteiger partial charge < -0.3 is 0 Å². The lowest BCUT2D eigenvalue weighted by molar-refractivity contribution is -0.141. The third-order valence-corrected chi connectivity index (χ3v) is 5.24. The van der Waals surface area contributed by atoms with E-state index in [4.69, 9.17) is 0 Å². The van der Waals surface area contributed by atoms with Crippen LogP contribution in [0.3, 0.4) is 0 Å². The first-order valence-corrected chi connectivity index (χ1v) is 10.1. The molecule has 0 saturated carbocycles. The second kappa shape index (κ2) is 7.72. The van der Waals surface area contributed by atoms with E-state index in [1.165, 1.54) is 36.4 Å². The molecule has 3 aromatic rings. The lowest BCUT2D eigenvalue weighted by Gasteiger charge is -2.13. The topological polar surface area (TPSA) is 62.8 Å². The molecule has 0 saturated heterocycles. The van der Waals surface area contributed by atoms with E-state index in [2.05, 4.69) is 16.9 Å². The van der Waals surface area contributed by atoms with Crippen molar-refractivity contribution in [1.82, 2.24) is 10.2 Å². The Bertz CT molecular complexity index is 1170. The fourth-order valence-electron chi connectivity index (χ4n) is 2.68. The van der Waals surface area contributed by atoms with Crippen molar-refractivity contribution in [2.24, 2.45) is 0 Å². The molecule has 150 valence electrons. The summed E-state index contributed by atoms with van der Waals surface area (Å²) in [4.78, 5) is 0.104. The minimum absolute atomic E-state index is 0.104. The first-order chi connectivity index (χ1) is 13.6. The fraction of sp³-hybridized carbons (Fsp3) is 0.150. The molecule has 0 bridgehead atoms. The standard InChI is InChI=1S/C20H14F4N2O2S/c1-29(27,28)16-9-2-13(3-10-16)4-11-17(14-5-7-15(21)8-6-14)18-12-25-26-19(18)20(22,23)24/h2-3,5-10,12,17H,1H3,(H,25,26). The maximum Gasteiger partial charge on any atom is 0.433 e. The average molecular weight is 422 g/mol. The number of H-pyrrole nitrogens is 1. The Labute approximate surface area is 164 Å². The van der Waals surface area contributed by atoms with Crippen LogP contribution in [0.2, 0.25) is 0 Å². The lowest BCUT2D eigenvalue weighted by Crippen LogP contribution is -2.11. The van der Waals surface area contributed by atoms with Gasteiger partial charge in [0.25, 0.3) is 0 Å². The molecule has 4 nitrogen and oxygen atoms in total. The van der Waals surface area contributed by atoms with Gasteiger partial charge in [0.05, 0.1) is 17.0 Å². The van der Waals surface area contributed by atoms with E-state index in [1.807, 2.05) is 5.10 Å². The van der Waals surface area contributed by atoms with E-state index in [0.29, 0.717) is 11.1 Å². The number of hydrogen-bond donors (Lipinski definition) is 1. The highest BCUT2D eigenvalue weighted by atomic mass is 32.2. The SMILES string of the molecule is CS(=O)(=O)c1ccc(C#CC(c2ccc(F)cc2)c2cn[nH]c2C(F)(F)F)cc1. The minimum atomic E-state index is -4.66. The maximum absolute atomic E-state index is 13.3. The molecule has 0 aliphatic rings. The number of aromatic amines is 1. The van der Waals surface area contributed by atoms with E-state index in [9.17, 15) is 26.0 Å². The van der Waals surface area contributed by atoms with Gasteiger partial charge >= 0.3 is 6.18 Å². The van der Waals surface area contributed by atoms with Crippen LogP contribution in [0.15, 0.2) is 59.6 Å². The second-order valence-electron chi connectivity index (χ2n) is 6.25. The summed E-state index contributed by atoms with van der Waals surface area (Å²) in [5, 5.41) is 5.44. The first kappa shape index (κ1) is 20.6. The van der Waals surface area contributed by atoms with E-state index in [-0.39, 0.29) is 10.5 Å². The van der Waals surface area contributed by atoms with E-state index < -0.39 is 33.4 Å². The summed E-state index contributed by atoms with van der Waals surface area (Å²) in [6.45, 7) is 0. The number of halogens is 4. The number of aromatic nitrogens is 2. The van der Waals surface area contributed by atoms with Crippen LogP contribution in [0.1, 0.15) is 28.3 Å². The predicted molar refractivity (Wildman–Crippen MR) is 98.3 cm³/mol. The zero-order valence-corrected chi connectivity index (χ0v) is 15.8. The van der Waals surface area contributed by atoms with Crippen LogP contribution in [0.5, 0.6) is 0 Å². The van der Waals surface area contributed by atoms with Crippen LogP contribution in [0.4, 0.5) is 17.6 Å². The summed E-state index contributed by atoms with van der Waals surface area (Å²) >= 11 is 0. The zero-order chi connectivity index (χ0) is 21.2.